The van der Waals surface area contributed by atoms with E-state index in [2.05, 4.69) is 39.6 Å². The third-order valence-corrected chi connectivity index (χ3v) is 5.00. The lowest BCUT2D eigenvalue weighted by Gasteiger charge is -2.29. The number of hydrogen-bond acceptors (Lipinski definition) is 4. The van der Waals surface area contributed by atoms with Crippen LogP contribution in [0.1, 0.15) is 31.7 Å². The van der Waals surface area contributed by atoms with Crippen molar-refractivity contribution >= 4 is 29.9 Å². The number of hydrogen-bond donors (Lipinski definition) is 2. The second-order valence-electron chi connectivity index (χ2n) is 7.28. The van der Waals surface area contributed by atoms with E-state index in [4.69, 9.17) is 9.47 Å². The van der Waals surface area contributed by atoms with Gasteiger partial charge in [0.2, 0.25) is 6.79 Å². The summed E-state index contributed by atoms with van der Waals surface area (Å²) in [6.45, 7) is 8.09. The van der Waals surface area contributed by atoms with Crippen LogP contribution >= 0.6 is 24.0 Å². The first-order chi connectivity index (χ1) is 12.7. The van der Waals surface area contributed by atoms with Crippen molar-refractivity contribution in [3.63, 3.8) is 0 Å². The summed E-state index contributed by atoms with van der Waals surface area (Å²) in [5.74, 6) is 3.16. The van der Waals surface area contributed by atoms with E-state index in [1.54, 1.807) is 0 Å². The Hall–Kier alpha value is -1.22. The smallest absolute Gasteiger partial charge is 0.231 e. The number of rotatable bonds is 7. The summed E-state index contributed by atoms with van der Waals surface area (Å²) in [7, 11) is 1.82. The fraction of sp³-hybridized carbons (Fsp3) is 0.650. The fourth-order valence-corrected chi connectivity index (χ4v) is 3.56. The van der Waals surface area contributed by atoms with Gasteiger partial charge in [0, 0.05) is 26.7 Å². The van der Waals surface area contributed by atoms with Crippen LogP contribution < -0.4 is 20.1 Å². The van der Waals surface area contributed by atoms with Crippen LogP contribution in [0.25, 0.3) is 0 Å². The topological polar surface area (TPSA) is 58.1 Å². The van der Waals surface area contributed by atoms with E-state index in [1.807, 2.05) is 13.1 Å². The molecule has 2 heterocycles. The maximum absolute atomic E-state index is 5.43. The molecule has 2 aliphatic rings. The molecule has 1 saturated heterocycles. The Morgan fingerprint density at radius 3 is 2.70 bits per heavy atom. The fourth-order valence-electron chi connectivity index (χ4n) is 3.56. The summed E-state index contributed by atoms with van der Waals surface area (Å²) in [6, 6.07) is 6.12. The average Bonchev–Trinajstić information content (AvgIpc) is 3.13. The lowest BCUT2D eigenvalue weighted by Crippen LogP contribution is -2.42. The molecule has 2 aliphatic heterocycles. The molecule has 2 N–H and O–H groups in total. The van der Waals surface area contributed by atoms with Crippen LogP contribution in [0.4, 0.5) is 0 Å². The molecule has 3 rings (SSSR count). The highest BCUT2D eigenvalue weighted by Crippen LogP contribution is 2.32. The Morgan fingerprint density at radius 2 is 1.93 bits per heavy atom. The second-order valence-corrected chi connectivity index (χ2v) is 7.28. The zero-order chi connectivity index (χ0) is 18.2. The van der Waals surface area contributed by atoms with Crippen molar-refractivity contribution in [2.75, 3.05) is 46.6 Å². The number of nitrogens with zero attached hydrogens (tertiary/aromatic N) is 2. The molecule has 27 heavy (non-hydrogen) atoms. The lowest BCUT2D eigenvalue weighted by molar-refractivity contribution is 0.174. The number of guanidine groups is 1. The highest BCUT2D eigenvalue weighted by Gasteiger charge is 2.14. The van der Waals surface area contributed by atoms with Crippen molar-refractivity contribution in [3.8, 4) is 11.5 Å². The molecule has 1 atom stereocenters. The van der Waals surface area contributed by atoms with Crippen LogP contribution in [0.3, 0.4) is 0 Å². The summed E-state index contributed by atoms with van der Waals surface area (Å²) in [5, 5.41) is 6.85. The number of halogens is 1. The van der Waals surface area contributed by atoms with Gasteiger partial charge in [0.1, 0.15) is 0 Å². The Morgan fingerprint density at radius 1 is 1.15 bits per heavy atom. The monoisotopic (exact) mass is 488 g/mol. The van der Waals surface area contributed by atoms with Crippen LogP contribution in [0.15, 0.2) is 23.2 Å². The predicted octanol–water partition coefficient (Wildman–Crippen LogP) is 2.86. The normalized spacial score (nSPS) is 17.9. The van der Waals surface area contributed by atoms with E-state index in [1.165, 1.54) is 44.5 Å². The van der Waals surface area contributed by atoms with Crippen LogP contribution in [0.2, 0.25) is 0 Å². The standard InChI is InChI=1S/C20H32N4O2.HI/c1-16(14-24-10-4-3-5-11-24)13-23-20(21-2)22-9-8-17-6-7-18-19(12-17)26-15-25-18;/h6-7,12,16H,3-5,8-11,13-15H2,1-2H3,(H2,21,22,23);1H. The quantitative estimate of drug-likeness (QED) is 0.351. The molecule has 0 bridgehead atoms. The van der Waals surface area contributed by atoms with Gasteiger partial charge < -0.3 is 25.0 Å². The molecular weight excluding hydrogens is 455 g/mol. The Bertz CT molecular complexity index is 606. The lowest BCUT2D eigenvalue weighted by atomic mass is 10.1. The highest BCUT2D eigenvalue weighted by molar-refractivity contribution is 14.0. The zero-order valence-corrected chi connectivity index (χ0v) is 18.8. The average molecular weight is 488 g/mol. The highest BCUT2D eigenvalue weighted by atomic mass is 127. The molecule has 0 spiro atoms. The minimum Gasteiger partial charge on any atom is -0.454 e. The second kappa shape index (κ2) is 11.6. The van der Waals surface area contributed by atoms with Gasteiger partial charge in [-0.15, -0.1) is 24.0 Å². The first-order valence-electron chi connectivity index (χ1n) is 9.80. The van der Waals surface area contributed by atoms with E-state index >= 15 is 0 Å². The van der Waals surface area contributed by atoms with Gasteiger partial charge in [-0.2, -0.15) is 0 Å². The minimum absolute atomic E-state index is 0. The van der Waals surface area contributed by atoms with Crippen LogP contribution in [-0.2, 0) is 6.42 Å². The van der Waals surface area contributed by atoms with Crippen molar-refractivity contribution in [1.82, 2.24) is 15.5 Å². The first-order valence-corrected chi connectivity index (χ1v) is 9.80. The van der Waals surface area contributed by atoms with Gasteiger partial charge in [0.15, 0.2) is 17.5 Å². The molecule has 0 aliphatic carbocycles. The maximum atomic E-state index is 5.43. The molecule has 152 valence electrons. The number of benzene rings is 1. The van der Waals surface area contributed by atoms with E-state index in [9.17, 15) is 0 Å². The Balaban J connectivity index is 0.00000261. The number of ether oxygens (including phenoxy) is 2. The molecule has 0 saturated carbocycles. The number of nitrogens with one attached hydrogen (secondary N) is 2. The Labute approximate surface area is 180 Å². The van der Waals surface area contributed by atoms with Gasteiger partial charge in [0.25, 0.3) is 0 Å². The summed E-state index contributed by atoms with van der Waals surface area (Å²) >= 11 is 0. The summed E-state index contributed by atoms with van der Waals surface area (Å²) in [5.41, 5.74) is 1.23. The largest absolute Gasteiger partial charge is 0.454 e. The van der Waals surface area contributed by atoms with Gasteiger partial charge in [0.05, 0.1) is 0 Å². The van der Waals surface area contributed by atoms with E-state index < -0.39 is 0 Å². The summed E-state index contributed by atoms with van der Waals surface area (Å²) < 4.78 is 10.8. The number of aliphatic imine (C=N–C) groups is 1. The number of fused-ring (bicyclic) bond motifs is 1. The van der Waals surface area contributed by atoms with Crippen LogP contribution in [-0.4, -0.2) is 57.4 Å². The van der Waals surface area contributed by atoms with E-state index in [0.29, 0.717) is 12.7 Å². The summed E-state index contributed by atoms with van der Waals surface area (Å²) in [4.78, 5) is 6.92. The number of piperidine rings is 1. The molecular formula is C20H33IN4O2. The van der Waals surface area contributed by atoms with Gasteiger partial charge in [-0.3, -0.25) is 4.99 Å². The third-order valence-electron chi connectivity index (χ3n) is 5.00. The Kier molecular flexibility index (Phi) is 9.47. The van der Waals surface area contributed by atoms with Gasteiger partial charge in [-0.25, -0.2) is 0 Å². The van der Waals surface area contributed by atoms with Crippen molar-refractivity contribution in [1.29, 1.82) is 0 Å². The molecule has 1 unspecified atom stereocenters. The van der Waals surface area contributed by atoms with Gasteiger partial charge in [-0.1, -0.05) is 19.4 Å². The molecule has 0 amide bonds. The third kappa shape index (κ3) is 7.03. The molecule has 1 aromatic rings. The SMILES string of the molecule is CN=C(NCCc1ccc2c(c1)OCO2)NCC(C)CN1CCCCC1.I. The minimum atomic E-state index is 0. The van der Waals surface area contributed by atoms with Crippen molar-refractivity contribution < 1.29 is 9.47 Å². The number of likely N-dealkylation sites (tertiary alicyclic amines) is 1. The molecule has 6 nitrogen and oxygen atoms in total. The van der Waals surface area contributed by atoms with E-state index in [-0.39, 0.29) is 24.0 Å². The molecule has 1 fully saturated rings. The van der Waals surface area contributed by atoms with Crippen LogP contribution in [0.5, 0.6) is 11.5 Å². The van der Waals surface area contributed by atoms with Gasteiger partial charge >= 0.3 is 0 Å². The van der Waals surface area contributed by atoms with Gasteiger partial charge in [-0.05, 0) is 56.0 Å². The van der Waals surface area contributed by atoms with Crippen molar-refractivity contribution in [2.24, 2.45) is 10.9 Å². The predicted molar refractivity (Wildman–Crippen MR) is 121 cm³/mol. The molecule has 0 aromatic heterocycles. The maximum Gasteiger partial charge on any atom is 0.231 e. The first kappa shape index (κ1) is 22.1. The van der Waals surface area contributed by atoms with Crippen molar-refractivity contribution in [3.05, 3.63) is 23.8 Å². The molecule has 7 heteroatoms. The molecule has 1 aromatic carbocycles. The van der Waals surface area contributed by atoms with E-state index in [0.717, 1.165) is 37.0 Å². The molecule has 0 radical (unpaired) electrons. The zero-order valence-electron chi connectivity index (χ0n) is 16.5. The summed E-state index contributed by atoms with van der Waals surface area (Å²) in [6.07, 6.45) is 5.01. The van der Waals surface area contributed by atoms with Crippen molar-refractivity contribution in [2.45, 2.75) is 32.6 Å². The van der Waals surface area contributed by atoms with Crippen LogP contribution in [0, 0.1) is 5.92 Å².